The minimum Gasteiger partial charge on any atom is -0.462 e. The summed E-state index contributed by atoms with van der Waals surface area (Å²) < 4.78 is 4.96. The van der Waals surface area contributed by atoms with E-state index in [9.17, 15) is 14.9 Å². The standard InChI is InChI=1S/C22H25N3O3S/c1-4-7-17-13-10-16(14-23)21(25-17)29-19(5-2)20(26)24-18-11-8-15(9-12-18)22(27)28-6-3/h8-13,19H,4-7H2,1-3H3,(H,24,26). The second-order valence-electron chi connectivity index (χ2n) is 6.32. The predicted molar refractivity (Wildman–Crippen MR) is 114 cm³/mol. The molecule has 1 aromatic carbocycles. The smallest absolute Gasteiger partial charge is 0.338 e. The molecule has 1 unspecified atom stereocenters. The van der Waals surface area contributed by atoms with Crippen molar-refractivity contribution >= 4 is 29.3 Å². The van der Waals surface area contributed by atoms with Crippen molar-refractivity contribution in [1.82, 2.24) is 4.98 Å². The van der Waals surface area contributed by atoms with Crippen LogP contribution in [0.5, 0.6) is 0 Å². The Kier molecular flexibility index (Phi) is 8.68. The Morgan fingerprint density at radius 2 is 1.90 bits per heavy atom. The zero-order chi connectivity index (χ0) is 21.2. The van der Waals surface area contributed by atoms with E-state index in [1.807, 2.05) is 13.0 Å². The maximum absolute atomic E-state index is 12.7. The molecule has 6 nitrogen and oxygen atoms in total. The molecule has 1 amide bonds. The van der Waals surface area contributed by atoms with Crippen molar-refractivity contribution in [3.05, 3.63) is 53.2 Å². The number of nitrogens with one attached hydrogen (secondary N) is 1. The summed E-state index contributed by atoms with van der Waals surface area (Å²) >= 11 is 1.30. The lowest BCUT2D eigenvalue weighted by molar-refractivity contribution is -0.115. The maximum Gasteiger partial charge on any atom is 0.338 e. The van der Waals surface area contributed by atoms with Gasteiger partial charge in [0.25, 0.3) is 0 Å². The van der Waals surface area contributed by atoms with E-state index in [0.717, 1.165) is 18.5 Å². The van der Waals surface area contributed by atoms with Gasteiger partial charge < -0.3 is 10.1 Å². The van der Waals surface area contributed by atoms with Crippen LogP contribution in [-0.4, -0.2) is 28.7 Å². The number of amides is 1. The Morgan fingerprint density at radius 3 is 2.48 bits per heavy atom. The molecule has 29 heavy (non-hydrogen) atoms. The van der Waals surface area contributed by atoms with Gasteiger partial charge in [-0.15, -0.1) is 0 Å². The average molecular weight is 412 g/mol. The molecule has 2 aromatic rings. The van der Waals surface area contributed by atoms with Gasteiger partial charge in [-0.2, -0.15) is 5.26 Å². The fourth-order valence-electron chi connectivity index (χ4n) is 2.63. The van der Waals surface area contributed by atoms with Crippen LogP contribution >= 0.6 is 11.8 Å². The van der Waals surface area contributed by atoms with E-state index in [0.29, 0.717) is 34.9 Å². The molecule has 1 N–H and O–H groups in total. The van der Waals surface area contributed by atoms with Crippen molar-refractivity contribution in [3.8, 4) is 6.07 Å². The molecule has 1 aromatic heterocycles. The van der Waals surface area contributed by atoms with Crippen LogP contribution < -0.4 is 5.32 Å². The summed E-state index contributed by atoms with van der Waals surface area (Å²) in [5.41, 5.74) is 2.41. The van der Waals surface area contributed by atoms with E-state index in [2.05, 4.69) is 23.3 Å². The number of aryl methyl sites for hydroxylation is 1. The first-order valence-electron chi connectivity index (χ1n) is 9.67. The predicted octanol–water partition coefficient (Wildman–Crippen LogP) is 4.59. The highest BCUT2D eigenvalue weighted by Gasteiger charge is 2.21. The zero-order valence-electron chi connectivity index (χ0n) is 16.9. The van der Waals surface area contributed by atoms with Crippen LogP contribution in [-0.2, 0) is 16.0 Å². The highest BCUT2D eigenvalue weighted by molar-refractivity contribution is 8.00. The lowest BCUT2D eigenvalue weighted by Crippen LogP contribution is -2.25. The number of benzene rings is 1. The molecule has 0 spiro atoms. The van der Waals surface area contributed by atoms with Gasteiger partial charge in [0.1, 0.15) is 11.1 Å². The molecule has 0 bridgehead atoms. The summed E-state index contributed by atoms with van der Waals surface area (Å²) in [6, 6.07) is 12.3. The normalized spacial score (nSPS) is 11.4. The monoisotopic (exact) mass is 411 g/mol. The summed E-state index contributed by atoms with van der Waals surface area (Å²) in [5, 5.41) is 12.4. The number of hydrogen-bond acceptors (Lipinski definition) is 6. The number of carbonyl (C=O) groups excluding carboxylic acids is 2. The van der Waals surface area contributed by atoms with Crippen LogP contribution in [0.4, 0.5) is 5.69 Å². The van der Waals surface area contributed by atoms with Crippen molar-refractivity contribution in [2.24, 2.45) is 0 Å². The van der Waals surface area contributed by atoms with E-state index >= 15 is 0 Å². The summed E-state index contributed by atoms with van der Waals surface area (Å²) in [6.45, 7) is 6.05. The molecular formula is C22H25N3O3S. The number of ether oxygens (including phenoxy) is 1. The number of rotatable bonds is 9. The third-order valence-corrected chi connectivity index (χ3v) is 5.49. The van der Waals surface area contributed by atoms with E-state index < -0.39 is 11.2 Å². The molecule has 0 radical (unpaired) electrons. The van der Waals surface area contributed by atoms with Gasteiger partial charge in [-0.3, -0.25) is 4.79 Å². The second kappa shape index (κ2) is 11.2. The molecule has 7 heteroatoms. The number of esters is 1. The molecule has 1 atom stereocenters. The molecule has 0 aliphatic rings. The number of pyridine rings is 1. The highest BCUT2D eigenvalue weighted by atomic mass is 32.2. The van der Waals surface area contributed by atoms with Crippen molar-refractivity contribution in [2.45, 2.75) is 50.3 Å². The van der Waals surface area contributed by atoms with E-state index in [1.165, 1.54) is 11.8 Å². The van der Waals surface area contributed by atoms with E-state index in [-0.39, 0.29) is 5.91 Å². The largest absolute Gasteiger partial charge is 0.462 e. The number of nitriles is 1. The Balaban J connectivity index is 2.10. The fourth-order valence-corrected chi connectivity index (χ4v) is 3.65. The SMILES string of the molecule is CCCc1ccc(C#N)c(SC(CC)C(=O)Nc2ccc(C(=O)OCC)cc2)n1. The molecular weight excluding hydrogens is 386 g/mol. The molecule has 0 fully saturated rings. The molecule has 0 aliphatic carbocycles. The lowest BCUT2D eigenvalue weighted by atomic mass is 10.2. The minimum absolute atomic E-state index is 0.173. The zero-order valence-corrected chi connectivity index (χ0v) is 17.7. The third kappa shape index (κ3) is 6.33. The van der Waals surface area contributed by atoms with Crippen molar-refractivity contribution in [1.29, 1.82) is 5.26 Å². The van der Waals surface area contributed by atoms with Gasteiger partial charge in [0.15, 0.2) is 0 Å². The van der Waals surface area contributed by atoms with Gasteiger partial charge in [0.05, 0.1) is 23.0 Å². The molecule has 2 rings (SSSR count). The van der Waals surface area contributed by atoms with Crippen LogP contribution in [0.15, 0.2) is 41.4 Å². The van der Waals surface area contributed by atoms with Crippen LogP contribution in [0.2, 0.25) is 0 Å². The van der Waals surface area contributed by atoms with E-state index in [1.54, 1.807) is 37.3 Å². The third-order valence-electron chi connectivity index (χ3n) is 4.13. The number of anilines is 1. The first kappa shape index (κ1) is 22.4. The van der Waals surface area contributed by atoms with Crippen LogP contribution in [0, 0.1) is 11.3 Å². The first-order chi connectivity index (χ1) is 14.0. The van der Waals surface area contributed by atoms with Crippen LogP contribution in [0.1, 0.15) is 55.2 Å². The van der Waals surface area contributed by atoms with Crippen molar-refractivity contribution in [2.75, 3.05) is 11.9 Å². The quantitative estimate of drug-likeness (QED) is 0.479. The molecule has 152 valence electrons. The van der Waals surface area contributed by atoms with Gasteiger partial charge in [0, 0.05) is 11.4 Å². The van der Waals surface area contributed by atoms with Crippen LogP contribution in [0.25, 0.3) is 0 Å². The van der Waals surface area contributed by atoms with Gasteiger partial charge in [-0.05, 0) is 56.2 Å². The number of aromatic nitrogens is 1. The Bertz CT molecular complexity index is 891. The second-order valence-corrected chi connectivity index (χ2v) is 7.51. The summed E-state index contributed by atoms with van der Waals surface area (Å²) in [6.07, 6.45) is 2.37. The molecule has 0 saturated carbocycles. The lowest BCUT2D eigenvalue weighted by Gasteiger charge is -2.15. The van der Waals surface area contributed by atoms with Crippen molar-refractivity contribution < 1.29 is 14.3 Å². The van der Waals surface area contributed by atoms with Crippen molar-refractivity contribution in [3.63, 3.8) is 0 Å². The van der Waals surface area contributed by atoms with E-state index in [4.69, 9.17) is 4.74 Å². The van der Waals surface area contributed by atoms with Gasteiger partial charge >= 0.3 is 5.97 Å². The molecule has 0 aliphatic heterocycles. The average Bonchev–Trinajstić information content (AvgIpc) is 2.73. The first-order valence-corrected chi connectivity index (χ1v) is 10.5. The molecule has 1 heterocycles. The topological polar surface area (TPSA) is 92.1 Å². The minimum atomic E-state index is -0.394. The summed E-state index contributed by atoms with van der Waals surface area (Å²) in [7, 11) is 0. The molecule has 0 saturated heterocycles. The summed E-state index contributed by atoms with van der Waals surface area (Å²) in [4.78, 5) is 29.0. The number of nitrogens with zero attached hydrogens (tertiary/aromatic N) is 2. The highest BCUT2D eigenvalue weighted by Crippen LogP contribution is 2.28. The number of thioether (sulfide) groups is 1. The number of hydrogen-bond donors (Lipinski definition) is 1. The van der Waals surface area contributed by atoms with Gasteiger partial charge in [-0.25, -0.2) is 9.78 Å². The van der Waals surface area contributed by atoms with Crippen LogP contribution in [0.3, 0.4) is 0 Å². The fraction of sp³-hybridized carbons (Fsp3) is 0.364. The van der Waals surface area contributed by atoms with Gasteiger partial charge in [-0.1, -0.05) is 32.0 Å². The maximum atomic E-state index is 12.7. The summed E-state index contributed by atoms with van der Waals surface area (Å²) in [5.74, 6) is -0.567. The Morgan fingerprint density at radius 1 is 1.17 bits per heavy atom. The number of carbonyl (C=O) groups is 2. The Hall–Kier alpha value is -2.85. The Labute approximate surface area is 175 Å². The van der Waals surface area contributed by atoms with Gasteiger partial charge in [0.2, 0.25) is 5.91 Å².